The van der Waals surface area contributed by atoms with E-state index in [1.54, 1.807) is 17.7 Å². The molecule has 1 unspecified atom stereocenters. The molecule has 0 spiro atoms. The lowest BCUT2D eigenvalue weighted by Gasteiger charge is -2.16. The number of fused-ring (bicyclic) bond motifs is 1. The molecular formula is C17H19N3OS. The molecule has 0 aliphatic carbocycles. The molecule has 1 aromatic carbocycles. The molecule has 2 heterocycles. The average molecular weight is 313 g/mol. The lowest BCUT2D eigenvalue weighted by Crippen LogP contribution is -2.23. The van der Waals surface area contributed by atoms with Crippen molar-refractivity contribution in [1.82, 2.24) is 9.97 Å². The van der Waals surface area contributed by atoms with Crippen molar-refractivity contribution in [3.63, 3.8) is 0 Å². The zero-order valence-corrected chi connectivity index (χ0v) is 13.5. The summed E-state index contributed by atoms with van der Waals surface area (Å²) in [6, 6.07) is 10.3. The van der Waals surface area contributed by atoms with Crippen LogP contribution in [0.15, 0.2) is 36.7 Å². The summed E-state index contributed by atoms with van der Waals surface area (Å²) in [4.78, 5) is 11.0. The van der Waals surface area contributed by atoms with Gasteiger partial charge in [0.25, 0.3) is 0 Å². The Kier molecular flexibility index (Phi) is 4.36. The van der Waals surface area contributed by atoms with Crippen LogP contribution in [0.1, 0.15) is 18.2 Å². The van der Waals surface area contributed by atoms with E-state index in [4.69, 9.17) is 0 Å². The number of anilines is 1. The first-order valence-electron chi connectivity index (χ1n) is 7.41. The van der Waals surface area contributed by atoms with Crippen LogP contribution < -0.4 is 5.32 Å². The first-order chi connectivity index (χ1) is 10.7. The maximum absolute atomic E-state index is 9.45. The number of nitrogens with one attached hydrogen (secondary N) is 1. The van der Waals surface area contributed by atoms with E-state index in [1.165, 1.54) is 16.0 Å². The summed E-state index contributed by atoms with van der Waals surface area (Å²) in [7, 11) is 0. The molecule has 0 aliphatic heterocycles. The summed E-state index contributed by atoms with van der Waals surface area (Å²) in [6.45, 7) is 4.25. The zero-order chi connectivity index (χ0) is 15.5. The highest BCUT2D eigenvalue weighted by atomic mass is 32.1. The number of hydrogen-bond donors (Lipinski definition) is 2. The molecule has 0 bridgehead atoms. The second-order valence-electron chi connectivity index (χ2n) is 5.23. The van der Waals surface area contributed by atoms with E-state index in [2.05, 4.69) is 34.3 Å². The molecule has 0 fully saturated rings. The van der Waals surface area contributed by atoms with Gasteiger partial charge in [0.05, 0.1) is 18.0 Å². The fraction of sp³-hybridized carbons (Fsp3) is 0.294. The molecule has 2 aromatic heterocycles. The molecule has 0 amide bonds. The van der Waals surface area contributed by atoms with Crippen molar-refractivity contribution in [2.24, 2.45) is 0 Å². The molecule has 4 nitrogen and oxygen atoms in total. The van der Waals surface area contributed by atoms with Gasteiger partial charge in [0.1, 0.15) is 17.0 Å². The number of hydrogen-bond acceptors (Lipinski definition) is 5. The van der Waals surface area contributed by atoms with Gasteiger partial charge in [-0.1, -0.05) is 37.3 Å². The van der Waals surface area contributed by atoms with Gasteiger partial charge in [-0.05, 0) is 18.9 Å². The van der Waals surface area contributed by atoms with Crippen LogP contribution in [-0.2, 0) is 0 Å². The normalized spacial score (nSPS) is 12.5. The van der Waals surface area contributed by atoms with Crippen LogP contribution >= 0.6 is 11.3 Å². The molecule has 5 heteroatoms. The molecular weight excluding hydrogens is 294 g/mol. The Hall–Kier alpha value is -1.98. The van der Waals surface area contributed by atoms with E-state index in [9.17, 15) is 5.11 Å². The van der Waals surface area contributed by atoms with Crippen molar-refractivity contribution in [2.75, 3.05) is 11.9 Å². The van der Waals surface area contributed by atoms with E-state index >= 15 is 0 Å². The van der Waals surface area contributed by atoms with Gasteiger partial charge >= 0.3 is 0 Å². The van der Waals surface area contributed by atoms with Crippen molar-refractivity contribution in [3.8, 4) is 11.1 Å². The summed E-state index contributed by atoms with van der Waals surface area (Å²) >= 11 is 1.68. The molecule has 0 saturated heterocycles. The van der Waals surface area contributed by atoms with Gasteiger partial charge in [-0.25, -0.2) is 9.97 Å². The number of thiophene rings is 1. The Morgan fingerprint density at radius 3 is 2.68 bits per heavy atom. The monoisotopic (exact) mass is 313 g/mol. The summed E-state index contributed by atoms with van der Waals surface area (Å²) in [6.07, 6.45) is 2.42. The van der Waals surface area contributed by atoms with Gasteiger partial charge in [0.2, 0.25) is 0 Å². The summed E-state index contributed by atoms with van der Waals surface area (Å²) < 4.78 is 0. The predicted octanol–water partition coefficient (Wildman–Crippen LogP) is 3.85. The molecule has 2 N–H and O–H groups in total. The van der Waals surface area contributed by atoms with Crippen LogP contribution in [0.5, 0.6) is 0 Å². The molecule has 0 saturated carbocycles. The van der Waals surface area contributed by atoms with Crippen LogP contribution in [0.3, 0.4) is 0 Å². The van der Waals surface area contributed by atoms with Gasteiger partial charge in [0.15, 0.2) is 0 Å². The smallest absolute Gasteiger partial charge is 0.139 e. The standard InChI is InChI=1S/C17H19N3OS/c1-3-13(9-21)20-16-15-14(12-7-5-4-6-8-12)11(2)22-17(15)19-10-18-16/h4-8,10,13,21H,3,9H2,1-2H3,(H,18,19,20). The second kappa shape index (κ2) is 6.42. The SMILES string of the molecule is CCC(CO)Nc1ncnc2sc(C)c(-c3ccccc3)c12. The lowest BCUT2D eigenvalue weighted by atomic mass is 10.0. The quantitative estimate of drug-likeness (QED) is 0.751. The molecule has 0 aliphatic rings. The summed E-state index contributed by atoms with van der Waals surface area (Å²) in [5, 5.41) is 13.8. The van der Waals surface area contributed by atoms with Crippen LogP contribution in [-0.4, -0.2) is 27.7 Å². The molecule has 114 valence electrons. The van der Waals surface area contributed by atoms with E-state index in [1.807, 2.05) is 25.1 Å². The van der Waals surface area contributed by atoms with Crippen molar-refractivity contribution < 1.29 is 5.11 Å². The number of aryl methyl sites for hydroxylation is 1. The zero-order valence-electron chi connectivity index (χ0n) is 12.7. The average Bonchev–Trinajstić information content (AvgIpc) is 2.90. The van der Waals surface area contributed by atoms with Crippen molar-refractivity contribution >= 4 is 27.4 Å². The van der Waals surface area contributed by atoms with Crippen LogP contribution in [0, 0.1) is 6.92 Å². The number of nitrogens with zero attached hydrogens (tertiary/aromatic N) is 2. The predicted molar refractivity (Wildman–Crippen MR) is 92.4 cm³/mol. The topological polar surface area (TPSA) is 58.0 Å². The highest BCUT2D eigenvalue weighted by molar-refractivity contribution is 7.19. The van der Waals surface area contributed by atoms with E-state index in [-0.39, 0.29) is 12.6 Å². The number of aliphatic hydroxyl groups is 1. The molecule has 0 radical (unpaired) electrons. The Morgan fingerprint density at radius 1 is 1.23 bits per heavy atom. The van der Waals surface area contributed by atoms with Crippen molar-refractivity contribution in [2.45, 2.75) is 26.3 Å². The van der Waals surface area contributed by atoms with Gasteiger partial charge in [-0.3, -0.25) is 0 Å². The molecule has 3 aromatic rings. The first kappa shape index (κ1) is 14.9. The minimum atomic E-state index is 0.00179. The number of aliphatic hydroxyl groups excluding tert-OH is 1. The fourth-order valence-corrected chi connectivity index (χ4v) is 3.59. The van der Waals surface area contributed by atoms with Crippen LogP contribution in [0.2, 0.25) is 0 Å². The highest BCUT2D eigenvalue weighted by Crippen LogP contribution is 2.40. The largest absolute Gasteiger partial charge is 0.394 e. The highest BCUT2D eigenvalue weighted by Gasteiger charge is 2.17. The maximum atomic E-state index is 9.45. The first-order valence-corrected chi connectivity index (χ1v) is 8.23. The number of benzene rings is 1. The molecule has 22 heavy (non-hydrogen) atoms. The Balaban J connectivity index is 2.18. The summed E-state index contributed by atoms with van der Waals surface area (Å²) in [5.74, 6) is 0.800. The number of aromatic nitrogens is 2. The summed E-state index contributed by atoms with van der Waals surface area (Å²) in [5.41, 5.74) is 2.35. The third-order valence-electron chi connectivity index (χ3n) is 3.78. The van der Waals surface area contributed by atoms with E-state index in [0.717, 1.165) is 22.5 Å². The Bertz CT molecular complexity index is 766. The lowest BCUT2D eigenvalue weighted by molar-refractivity contribution is 0.271. The molecule has 1 atom stereocenters. The fourth-order valence-electron chi connectivity index (χ4n) is 2.58. The minimum absolute atomic E-state index is 0.00179. The van der Waals surface area contributed by atoms with Crippen molar-refractivity contribution in [1.29, 1.82) is 0 Å². The van der Waals surface area contributed by atoms with Crippen LogP contribution in [0.4, 0.5) is 5.82 Å². The van der Waals surface area contributed by atoms with Gasteiger partial charge < -0.3 is 10.4 Å². The number of rotatable bonds is 5. The minimum Gasteiger partial charge on any atom is -0.394 e. The Labute approximate surface area is 133 Å². The second-order valence-corrected chi connectivity index (χ2v) is 6.44. The van der Waals surface area contributed by atoms with Gasteiger partial charge in [-0.15, -0.1) is 11.3 Å². The third-order valence-corrected chi connectivity index (χ3v) is 4.79. The van der Waals surface area contributed by atoms with Gasteiger partial charge in [-0.2, -0.15) is 0 Å². The molecule has 3 rings (SSSR count). The van der Waals surface area contributed by atoms with E-state index in [0.29, 0.717) is 0 Å². The maximum Gasteiger partial charge on any atom is 0.139 e. The van der Waals surface area contributed by atoms with Gasteiger partial charge in [0, 0.05) is 10.4 Å². The Morgan fingerprint density at radius 2 is 2.00 bits per heavy atom. The van der Waals surface area contributed by atoms with Crippen molar-refractivity contribution in [3.05, 3.63) is 41.5 Å². The third kappa shape index (κ3) is 2.69. The van der Waals surface area contributed by atoms with E-state index < -0.39 is 0 Å². The van der Waals surface area contributed by atoms with Crippen LogP contribution in [0.25, 0.3) is 21.3 Å².